The van der Waals surface area contributed by atoms with E-state index in [1.54, 1.807) is 0 Å². The third-order valence-electron chi connectivity index (χ3n) is 5.58. The third kappa shape index (κ3) is 19.6. The summed E-state index contributed by atoms with van der Waals surface area (Å²) in [6.07, 6.45) is 3.36. The minimum Gasteiger partial charge on any atom is -0.356 e. The molecule has 0 radical (unpaired) electrons. The Balaban J connectivity index is 4.78. The molecule has 0 rings (SSSR count). The summed E-state index contributed by atoms with van der Waals surface area (Å²) >= 11 is 0. The number of carbonyl (C=O) groups is 8. The van der Waals surface area contributed by atoms with E-state index in [0.717, 1.165) is 0 Å². The number of hydrogen-bond acceptors (Lipinski definition) is 9. The average Bonchev–Trinajstić information content (AvgIpc) is 2.92. The average molecular weight is 585 g/mol. The van der Waals surface area contributed by atoms with Crippen LogP contribution in [0.25, 0.3) is 0 Å². The fourth-order valence-corrected chi connectivity index (χ4v) is 3.39. The molecule has 0 aromatic rings. The summed E-state index contributed by atoms with van der Waals surface area (Å²) in [4.78, 5) is 94.1. The normalized spacial score (nSPS) is 12.5. The van der Waals surface area contributed by atoms with Crippen LogP contribution in [0.3, 0.4) is 0 Å². The van der Waals surface area contributed by atoms with Crippen LogP contribution in [-0.4, -0.2) is 98.5 Å². The van der Waals surface area contributed by atoms with Gasteiger partial charge in [-0.15, -0.1) is 0 Å². The molecule has 0 aliphatic rings. The molecule has 0 aromatic carbocycles. The number of amides is 7. The van der Waals surface area contributed by atoms with Gasteiger partial charge in [-0.05, 0) is 45.4 Å². The van der Waals surface area contributed by atoms with Crippen LogP contribution in [0.5, 0.6) is 0 Å². The number of carbonyl (C=O) groups excluding carboxylic acids is 8. The molecule has 9 N–H and O–H groups in total. The lowest BCUT2D eigenvalue weighted by molar-refractivity contribution is -0.132. The fourth-order valence-electron chi connectivity index (χ4n) is 3.39. The second-order valence-corrected chi connectivity index (χ2v) is 9.32. The molecule has 3 atom stereocenters. The molecule has 16 heteroatoms. The van der Waals surface area contributed by atoms with E-state index in [1.807, 2.05) is 0 Å². The van der Waals surface area contributed by atoms with Crippen LogP contribution in [0.1, 0.15) is 59.3 Å². The van der Waals surface area contributed by atoms with Crippen molar-refractivity contribution in [1.82, 2.24) is 37.2 Å². The van der Waals surface area contributed by atoms with E-state index >= 15 is 0 Å². The van der Waals surface area contributed by atoms with Crippen LogP contribution >= 0.6 is 0 Å². The maximum Gasteiger partial charge on any atom is 0.243 e. The van der Waals surface area contributed by atoms with Gasteiger partial charge in [0.25, 0.3) is 0 Å². The van der Waals surface area contributed by atoms with Crippen molar-refractivity contribution in [3.63, 3.8) is 0 Å². The summed E-state index contributed by atoms with van der Waals surface area (Å²) in [7, 11) is 0. The summed E-state index contributed by atoms with van der Waals surface area (Å²) in [5.41, 5.74) is 5.19. The Kier molecular flexibility index (Phi) is 19.5. The lowest BCUT2D eigenvalue weighted by atomic mass is 10.1. The second kappa shape index (κ2) is 21.7. The minimum atomic E-state index is -1.07. The van der Waals surface area contributed by atoms with Gasteiger partial charge in [-0.1, -0.05) is 0 Å². The van der Waals surface area contributed by atoms with Crippen LogP contribution in [0.15, 0.2) is 0 Å². The highest BCUT2D eigenvalue weighted by atomic mass is 16.2. The van der Waals surface area contributed by atoms with Crippen LogP contribution in [0.2, 0.25) is 0 Å². The Labute approximate surface area is 239 Å². The zero-order chi connectivity index (χ0) is 31.2. The van der Waals surface area contributed by atoms with E-state index in [4.69, 9.17) is 5.73 Å². The van der Waals surface area contributed by atoms with Crippen molar-refractivity contribution in [2.45, 2.75) is 77.4 Å². The SMILES string of the molecule is CC(=O)NCCCC[C@@H](C=O)NC(=O)CNC(=O)[C@H](C)NC(=O)[C@H](CCCCNC(C)=O)NC(=O)CNC(=O)CN. The Morgan fingerprint density at radius 2 is 1.20 bits per heavy atom. The van der Waals surface area contributed by atoms with Crippen molar-refractivity contribution in [2.24, 2.45) is 5.73 Å². The van der Waals surface area contributed by atoms with Crippen molar-refractivity contribution in [3.05, 3.63) is 0 Å². The first-order valence-electron chi connectivity index (χ1n) is 13.5. The maximum absolute atomic E-state index is 12.8. The predicted octanol–water partition coefficient (Wildman–Crippen LogP) is -3.54. The Bertz CT molecular complexity index is 914. The summed E-state index contributed by atoms with van der Waals surface area (Å²) in [6, 6.07) is -2.85. The largest absolute Gasteiger partial charge is 0.356 e. The Morgan fingerprint density at radius 3 is 1.73 bits per heavy atom. The first-order valence-corrected chi connectivity index (χ1v) is 13.5. The molecule has 0 saturated heterocycles. The van der Waals surface area contributed by atoms with E-state index in [-0.39, 0.29) is 24.8 Å². The van der Waals surface area contributed by atoms with Crippen molar-refractivity contribution in [3.8, 4) is 0 Å². The first-order chi connectivity index (χ1) is 19.4. The molecule has 0 bridgehead atoms. The van der Waals surface area contributed by atoms with E-state index in [9.17, 15) is 38.4 Å². The first kappa shape index (κ1) is 36.9. The van der Waals surface area contributed by atoms with Gasteiger partial charge in [-0.2, -0.15) is 0 Å². The molecule has 0 aromatic heterocycles. The Hall–Kier alpha value is -4.08. The van der Waals surface area contributed by atoms with Gasteiger partial charge in [0.1, 0.15) is 18.4 Å². The summed E-state index contributed by atoms with van der Waals surface area (Å²) in [6.45, 7) is 3.88. The van der Waals surface area contributed by atoms with Gasteiger partial charge < -0.3 is 47.7 Å². The molecule has 0 heterocycles. The quantitative estimate of drug-likeness (QED) is 0.0491. The number of nitrogens with one attached hydrogen (secondary N) is 7. The van der Waals surface area contributed by atoms with Crippen LogP contribution < -0.4 is 43.0 Å². The molecular weight excluding hydrogens is 540 g/mol. The van der Waals surface area contributed by atoms with Crippen molar-refractivity contribution >= 4 is 47.6 Å². The fraction of sp³-hybridized carbons (Fsp3) is 0.680. The molecule has 0 unspecified atom stereocenters. The maximum atomic E-state index is 12.8. The summed E-state index contributed by atoms with van der Waals surface area (Å²) in [5, 5.41) is 17.4. The molecule has 7 amide bonds. The highest BCUT2D eigenvalue weighted by molar-refractivity contribution is 5.94. The highest BCUT2D eigenvalue weighted by Gasteiger charge is 2.24. The number of unbranched alkanes of at least 4 members (excludes halogenated alkanes) is 2. The van der Waals surface area contributed by atoms with E-state index in [0.29, 0.717) is 51.5 Å². The molecule has 0 aliphatic heterocycles. The van der Waals surface area contributed by atoms with Crippen molar-refractivity contribution < 1.29 is 38.4 Å². The Morgan fingerprint density at radius 1 is 0.659 bits per heavy atom. The number of rotatable bonds is 21. The van der Waals surface area contributed by atoms with Gasteiger partial charge in [0.05, 0.1) is 25.7 Å². The molecular formula is C25H44N8O8. The zero-order valence-corrected chi connectivity index (χ0v) is 23.9. The number of hydrogen-bond donors (Lipinski definition) is 8. The van der Waals surface area contributed by atoms with E-state index in [1.165, 1.54) is 20.8 Å². The second-order valence-electron chi connectivity index (χ2n) is 9.32. The lowest BCUT2D eigenvalue weighted by Crippen LogP contribution is -2.54. The van der Waals surface area contributed by atoms with Gasteiger partial charge in [0.2, 0.25) is 41.4 Å². The van der Waals surface area contributed by atoms with Crippen LogP contribution in [-0.2, 0) is 38.4 Å². The lowest BCUT2D eigenvalue weighted by Gasteiger charge is -2.21. The molecule has 0 fully saturated rings. The zero-order valence-electron chi connectivity index (χ0n) is 23.9. The molecule has 0 spiro atoms. The molecule has 0 saturated carbocycles. The van der Waals surface area contributed by atoms with Crippen LogP contribution in [0.4, 0.5) is 0 Å². The molecule has 232 valence electrons. The standard InChI is InChI=1S/C25H44N8O8/c1-16(24(40)30-14-22(38)32-19(15-34)8-4-6-10-27-17(2)35)31-25(41)20(9-5-7-11-28-18(3)36)33-23(39)13-29-21(37)12-26/h15-16,19-20H,4-14,26H2,1-3H3,(H,27,35)(H,28,36)(H,29,37)(H,30,40)(H,31,41)(H,32,38)(H,33,39)/t16-,19-,20-/m0/s1. The highest BCUT2D eigenvalue weighted by Crippen LogP contribution is 2.03. The number of nitrogens with two attached hydrogens (primary N) is 1. The topological polar surface area (TPSA) is 247 Å². The van der Waals surface area contributed by atoms with Gasteiger partial charge in [0.15, 0.2) is 0 Å². The predicted molar refractivity (Wildman–Crippen MR) is 148 cm³/mol. The third-order valence-corrected chi connectivity index (χ3v) is 5.58. The van der Waals surface area contributed by atoms with E-state index < -0.39 is 60.8 Å². The van der Waals surface area contributed by atoms with Crippen molar-refractivity contribution in [1.29, 1.82) is 0 Å². The molecule has 0 aliphatic carbocycles. The van der Waals surface area contributed by atoms with Gasteiger partial charge >= 0.3 is 0 Å². The van der Waals surface area contributed by atoms with Gasteiger partial charge in [-0.25, -0.2) is 0 Å². The van der Waals surface area contributed by atoms with E-state index in [2.05, 4.69) is 37.2 Å². The number of aldehydes is 1. The molecule has 16 nitrogen and oxygen atoms in total. The minimum absolute atomic E-state index is 0.154. The smallest absolute Gasteiger partial charge is 0.243 e. The van der Waals surface area contributed by atoms with Gasteiger partial charge in [-0.3, -0.25) is 33.6 Å². The van der Waals surface area contributed by atoms with Crippen molar-refractivity contribution in [2.75, 3.05) is 32.7 Å². The van der Waals surface area contributed by atoms with Crippen LogP contribution in [0, 0.1) is 0 Å². The van der Waals surface area contributed by atoms with Gasteiger partial charge in [0, 0.05) is 26.9 Å². The summed E-state index contributed by atoms with van der Waals surface area (Å²) in [5.74, 6) is -3.46. The monoisotopic (exact) mass is 584 g/mol. The summed E-state index contributed by atoms with van der Waals surface area (Å²) < 4.78 is 0. The molecule has 41 heavy (non-hydrogen) atoms.